The summed E-state index contributed by atoms with van der Waals surface area (Å²) in [4.78, 5) is 5.15. The summed E-state index contributed by atoms with van der Waals surface area (Å²) in [6, 6.07) is 1.82. The van der Waals surface area contributed by atoms with E-state index in [-0.39, 0.29) is 6.10 Å². The molecule has 0 saturated heterocycles. The molecular weight excluding hydrogens is 238 g/mol. The Labute approximate surface area is 104 Å². The van der Waals surface area contributed by atoms with Gasteiger partial charge in [-0.2, -0.15) is 4.98 Å². The lowest BCUT2D eigenvalue weighted by Gasteiger charge is -2.08. The number of nitrogens with zero attached hydrogens (tertiary/aromatic N) is 2. The molecule has 0 aliphatic carbocycles. The van der Waals surface area contributed by atoms with Gasteiger partial charge < -0.3 is 15.0 Å². The Kier molecular flexibility index (Phi) is 3.75. The lowest BCUT2D eigenvalue weighted by Crippen LogP contribution is -2.03. The zero-order valence-electron chi connectivity index (χ0n) is 9.84. The molecular formula is C11H15N3O2S. The number of hydrogen-bond donors (Lipinski definition) is 1. The van der Waals surface area contributed by atoms with Crippen molar-refractivity contribution in [1.29, 1.82) is 0 Å². The van der Waals surface area contributed by atoms with Crippen molar-refractivity contribution >= 4 is 17.0 Å². The predicted octanol–water partition coefficient (Wildman–Crippen LogP) is 2.87. The van der Waals surface area contributed by atoms with Gasteiger partial charge >= 0.3 is 0 Å². The van der Waals surface area contributed by atoms with Crippen LogP contribution in [0.15, 0.2) is 16.0 Å². The Morgan fingerprint density at radius 1 is 1.59 bits per heavy atom. The van der Waals surface area contributed by atoms with Gasteiger partial charge in [-0.3, -0.25) is 0 Å². The largest absolute Gasteiger partial charge is 0.397 e. The number of hydrogen-bond acceptors (Lipinski definition) is 6. The predicted molar refractivity (Wildman–Crippen MR) is 66.7 cm³/mol. The molecule has 2 aromatic heterocycles. The molecule has 2 aromatic rings. The molecule has 0 radical (unpaired) electrons. The van der Waals surface area contributed by atoms with Crippen LogP contribution in [0.3, 0.4) is 0 Å². The molecule has 2 N–H and O–H groups in total. The summed E-state index contributed by atoms with van der Waals surface area (Å²) in [6.07, 6.45) is 1.76. The van der Waals surface area contributed by atoms with Gasteiger partial charge in [0.15, 0.2) is 0 Å². The molecule has 2 heterocycles. The van der Waals surface area contributed by atoms with Gasteiger partial charge in [0.05, 0.1) is 5.69 Å². The van der Waals surface area contributed by atoms with E-state index in [2.05, 4.69) is 17.1 Å². The second kappa shape index (κ2) is 5.29. The highest BCUT2D eigenvalue weighted by molar-refractivity contribution is 7.14. The number of nitrogens with two attached hydrogens (primary N) is 1. The maximum atomic E-state index is 5.80. The third-order valence-electron chi connectivity index (χ3n) is 2.46. The van der Waals surface area contributed by atoms with Gasteiger partial charge in [-0.05, 0) is 17.9 Å². The van der Waals surface area contributed by atoms with E-state index >= 15 is 0 Å². The lowest BCUT2D eigenvalue weighted by molar-refractivity contribution is 0.0854. The van der Waals surface area contributed by atoms with Crippen molar-refractivity contribution in [2.24, 2.45) is 0 Å². The van der Waals surface area contributed by atoms with Crippen molar-refractivity contribution in [3.63, 3.8) is 0 Å². The highest BCUT2D eigenvalue weighted by Gasteiger charge is 2.19. The van der Waals surface area contributed by atoms with E-state index in [1.54, 1.807) is 7.11 Å². The van der Waals surface area contributed by atoms with E-state index in [1.807, 2.05) is 11.4 Å². The molecule has 1 atom stereocenters. The Morgan fingerprint density at radius 3 is 3.00 bits per heavy atom. The average Bonchev–Trinajstić information content (AvgIpc) is 2.94. The molecule has 0 saturated carbocycles. The van der Waals surface area contributed by atoms with Crippen molar-refractivity contribution in [2.75, 3.05) is 12.8 Å². The van der Waals surface area contributed by atoms with E-state index < -0.39 is 0 Å². The van der Waals surface area contributed by atoms with Crippen molar-refractivity contribution in [2.45, 2.75) is 25.9 Å². The molecule has 0 aliphatic rings. The van der Waals surface area contributed by atoms with Crippen LogP contribution in [0.2, 0.25) is 0 Å². The first-order valence-electron chi connectivity index (χ1n) is 5.46. The van der Waals surface area contributed by atoms with Crippen LogP contribution >= 0.6 is 11.3 Å². The Bertz CT molecular complexity index is 481. The van der Waals surface area contributed by atoms with Crippen LogP contribution in [-0.4, -0.2) is 17.3 Å². The molecule has 5 nitrogen and oxygen atoms in total. The maximum absolute atomic E-state index is 5.80. The number of aromatic nitrogens is 2. The molecule has 6 heteroatoms. The molecule has 0 spiro atoms. The van der Waals surface area contributed by atoms with Crippen LogP contribution in [0, 0.1) is 0 Å². The molecule has 2 rings (SSSR count). The van der Waals surface area contributed by atoms with Gasteiger partial charge in [0.1, 0.15) is 11.0 Å². The number of methoxy groups -OCH3 is 1. The normalized spacial score (nSPS) is 12.8. The fourth-order valence-corrected chi connectivity index (χ4v) is 2.30. The van der Waals surface area contributed by atoms with Gasteiger partial charge in [-0.15, -0.1) is 11.3 Å². The molecule has 0 aromatic carbocycles. The number of nitrogen functional groups attached to an aromatic ring is 1. The van der Waals surface area contributed by atoms with Crippen LogP contribution in [0.5, 0.6) is 0 Å². The molecule has 92 valence electrons. The number of ether oxygens (including phenoxy) is 1. The fraction of sp³-hybridized carbons (Fsp3) is 0.455. The van der Waals surface area contributed by atoms with E-state index in [4.69, 9.17) is 15.0 Å². The minimum atomic E-state index is -0.112. The highest BCUT2D eigenvalue weighted by atomic mass is 32.1. The number of anilines is 1. The third-order valence-corrected chi connectivity index (χ3v) is 3.37. The quantitative estimate of drug-likeness (QED) is 0.886. The van der Waals surface area contributed by atoms with Gasteiger partial charge in [-0.25, -0.2) is 0 Å². The Hall–Kier alpha value is -1.40. The number of thiophene rings is 1. The van der Waals surface area contributed by atoms with Gasteiger partial charge in [0.2, 0.25) is 5.82 Å². The molecule has 0 amide bonds. The zero-order valence-corrected chi connectivity index (χ0v) is 10.7. The first kappa shape index (κ1) is 12.1. The molecule has 0 aliphatic heterocycles. The first-order valence-corrected chi connectivity index (χ1v) is 6.34. The topological polar surface area (TPSA) is 74.2 Å². The summed E-state index contributed by atoms with van der Waals surface area (Å²) in [7, 11) is 1.65. The van der Waals surface area contributed by atoms with E-state index in [0.717, 1.165) is 17.7 Å². The van der Waals surface area contributed by atoms with Crippen molar-refractivity contribution in [1.82, 2.24) is 10.1 Å². The SMILES string of the molecule is CCCC(OC)c1noc(-c2sccc2N)n1. The van der Waals surface area contributed by atoms with Crippen LogP contribution in [0.25, 0.3) is 10.8 Å². The summed E-state index contributed by atoms with van der Waals surface area (Å²) in [5, 5.41) is 5.84. The van der Waals surface area contributed by atoms with E-state index in [1.165, 1.54) is 11.3 Å². The summed E-state index contributed by atoms with van der Waals surface area (Å²) in [5.74, 6) is 1.04. The van der Waals surface area contributed by atoms with Crippen LogP contribution in [-0.2, 0) is 4.74 Å². The maximum Gasteiger partial charge on any atom is 0.270 e. The molecule has 0 bridgehead atoms. The smallest absolute Gasteiger partial charge is 0.270 e. The summed E-state index contributed by atoms with van der Waals surface area (Å²) < 4.78 is 10.5. The van der Waals surface area contributed by atoms with Crippen LogP contribution < -0.4 is 5.73 Å². The standard InChI is InChI=1S/C11H15N3O2S/c1-3-4-8(15-2)10-13-11(16-14-10)9-7(12)5-6-17-9/h5-6,8H,3-4,12H2,1-2H3. The molecule has 17 heavy (non-hydrogen) atoms. The summed E-state index contributed by atoms with van der Waals surface area (Å²) in [5.41, 5.74) is 6.46. The van der Waals surface area contributed by atoms with E-state index in [9.17, 15) is 0 Å². The minimum absolute atomic E-state index is 0.112. The first-order chi connectivity index (χ1) is 8.26. The van der Waals surface area contributed by atoms with E-state index in [0.29, 0.717) is 17.4 Å². The van der Waals surface area contributed by atoms with Crippen molar-refractivity contribution in [3.8, 4) is 10.8 Å². The van der Waals surface area contributed by atoms with Gasteiger partial charge in [-0.1, -0.05) is 18.5 Å². The monoisotopic (exact) mass is 253 g/mol. The van der Waals surface area contributed by atoms with Crippen LogP contribution in [0.1, 0.15) is 31.7 Å². The lowest BCUT2D eigenvalue weighted by atomic mass is 10.2. The van der Waals surface area contributed by atoms with Crippen LogP contribution in [0.4, 0.5) is 5.69 Å². The highest BCUT2D eigenvalue weighted by Crippen LogP contribution is 2.31. The molecule has 0 fully saturated rings. The number of rotatable bonds is 5. The average molecular weight is 253 g/mol. The second-order valence-electron chi connectivity index (χ2n) is 3.68. The Balaban J connectivity index is 2.24. The minimum Gasteiger partial charge on any atom is -0.397 e. The third kappa shape index (κ3) is 2.48. The second-order valence-corrected chi connectivity index (χ2v) is 4.59. The summed E-state index contributed by atoms with van der Waals surface area (Å²) in [6.45, 7) is 2.09. The van der Waals surface area contributed by atoms with Gasteiger partial charge in [0.25, 0.3) is 5.89 Å². The zero-order chi connectivity index (χ0) is 12.3. The van der Waals surface area contributed by atoms with Crippen molar-refractivity contribution in [3.05, 3.63) is 17.3 Å². The van der Waals surface area contributed by atoms with Gasteiger partial charge in [0, 0.05) is 7.11 Å². The molecule has 1 unspecified atom stereocenters. The Morgan fingerprint density at radius 2 is 2.41 bits per heavy atom. The fourth-order valence-electron chi connectivity index (χ4n) is 1.57. The van der Waals surface area contributed by atoms with Crippen molar-refractivity contribution < 1.29 is 9.26 Å². The summed E-state index contributed by atoms with van der Waals surface area (Å²) >= 11 is 1.49.